The van der Waals surface area contributed by atoms with Crippen molar-refractivity contribution in [3.63, 3.8) is 0 Å². The number of nitrogens with zero attached hydrogens (tertiary/aromatic N) is 1. The molecule has 0 N–H and O–H groups in total. The zero-order chi connectivity index (χ0) is 24.6. The van der Waals surface area contributed by atoms with Gasteiger partial charge in [0, 0.05) is 30.8 Å². The van der Waals surface area contributed by atoms with Crippen molar-refractivity contribution in [2.45, 2.75) is 19.3 Å². The van der Waals surface area contributed by atoms with Crippen molar-refractivity contribution in [2.24, 2.45) is 0 Å². The number of aromatic nitrogens is 1. The van der Waals surface area contributed by atoms with Crippen LogP contribution in [0.25, 0.3) is 49.7 Å². The van der Waals surface area contributed by atoms with E-state index >= 15 is 0 Å². The molecule has 174 valence electrons. The lowest BCUT2D eigenvalue weighted by atomic mass is 9.81. The fourth-order valence-corrected chi connectivity index (χ4v) is 6.64. The van der Waals surface area contributed by atoms with Crippen LogP contribution in [0.3, 0.4) is 0 Å². The van der Waals surface area contributed by atoms with Gasteiger partial charge in [0.2, 0.25) is 0 Å². The van der Waals surface area contributed by atoms with Gasteiger partial charge in [-0.2, -0.15) is 0 Å². The first-order chi connectivity index (χ1) is 17.4. The van der Waals surface area contributed by atoms with Crippen LogP contribution in [-0.4, -0.2) is 4.57 Å². The summed E-state index contributed by atoms with van der Waals surface area (Å²) in [5.41, 5.74) is 11.5. The second-order valence-electron chi connectivity index (χ2n) is 10.1. The maximum Gasteiger partial charge on any atom is 0.0541 e. The van der Waals surface area contributed by atoms with E-state index in [2.05, 4.69) is 153 Å². The van der Waals surface area contributed by atoms with Crippen LogP contribution in [0.15, 0.2) is 112 Å². The molecule has 0 saturated heterocycles. The minimum absolute atomic E-state index is 0.0870. The number of fused-ring (bicyclic) bond motifs is 6. The largest absolute Gasteiger partial charge is 0.309 e. The third kappa shape index (κ3) is 3.19. The predicted octanol–water partition coefficient (Wildman–Crippen LogP) is 10.3. The Kier molecular flexibility index (Phi) is 4.86. The first-order valence-corrected chi connectivity index (χ1v) is 13.7. The van der Waals surface area contributed by atoms with Gasteiger partial charge in [0.25, 0.3) is 0 Å². The molecule has 1 aliphatic rings. The van der Waals surface area contributed by atoms with Crippen LogP contribution in [-0.2, 0) is 5.41 Å². The second-order valence-corrected chi connectivity index (χ2v) is 12.0. The number of hydrogen-bond acceptors (Lipinski definition) is 0. The quantitative estimate of drug-likeness (QED) is 0.188. The van der Waals surface area contributed by atoms with Crippen molar-refractivity contribution in [3.05, 3.63) is 123 Å². The molecule has 0 amide bonds. The summed E-state index contributed by atoms with van der Waals surface area (Å²) in [5.74, 6) is 0. The molecule has 7 rings (SSSR count). The van der Waals surface area contributed by atoms with E-state index < -0.39 is 0 Å². The van der Waals surface area contributed by atoms with E-state index in [0.717, 1.165) is 8.95 Å². The van der Waals surface area contributed by atoms with E-state index in [1.54, 1.807) is 0 Å². The summed E-state index contributed by atoms with van der Waals surface area (Å²) < 4.78 is 4.58. The van der Waals surface area contributed by atoms with E-state index in [1.807, 2.05) is 0 Å². The highest BCUT2D eigenvalue weighted by molar-refractivity contribution is 9.10. The normalized spacial score (nSPS) is 13.8. The number of halogens is 2. The molecule has 0 aliphatic heterocycles. The van der Waals surface area contributed by atoms with Crippen molar-refractivity contribution >= 4 is 53.7 Å². The van der Waals surface area contributed by atoms with Crippen molar-refractivity contribution in [1.29, 1.82) is 0 Å². The molecular formula is C33H23Br2N. The van der Waals surface area contributed by atoms with Crippen LogP contribution in [0.4, 0.5) is 0 Å². The zero-order valence-electron chi connectivity index (χ0n) is 20.0. The Morgan fingerprint density at radius 2 is 1.14 bits per heavy atom. The lowest BCUT2D eigenvalue weighted by Crippen LogP contribution is -2.15. The lowest BCUT2D eigenvalue weighted by molar-refractivity contribution is 0.660. The first-order valence-electron chi connectivity index (χ1n) is 12.2. The molecule has 6 aromatic rings. The molecule has 0 spiro atoms. The minimum atomic E-state index is -0.0870. The number of benzene rings is 5. The SMILES string of the molecule is CC1(C)c2cc(-c3ccccc3)ccc2-c2ccc(-n3c4ccc(Br)cc4c4cc(Br)ccc43)cc21. The average Bonchev–Trinajstić information content (AvgIpc) is 3.32. The van der Waals surface area contributed by atoms with Gasteiger partial charge < -0.3 is 4.57 Å². The molecule has 0 radical (unpaired) electrons. The summed E-state index contributed by atoms with van der Waals surface area (Å²) >= 11 is 7.35. The Bertz CT molecular complexity index is 1770. The van der Waals surface area contributed by atoms with E-state index in [9.17, 15) is 0 Å². The summed E-state index contributed by atoms with van der Waals surface area (Å²) in [6.07, 6.45) is 0. The van der Waals surface area contributed by atoms with Gasteiger partial charge >= 0.3 is 0 Å². The van der Waals surface area contributed by atoms with Crippen molar-refractivity contribution in [3.8, 4) is 27.9 Å². The lowest BCUT2D eigenvalue weighted by Gasteiger charge is -2.23. The minimum Gasteiger partial charge on any atom is -0.309 e. The molecule has 0 atom stereocenters. The zero-order valence-corrected chi connectivity index (χ0v) is 23.2. The number of hydrogen-bond donors (Lipinski definition) is 0. The molecule has 0 fully saturated rings. The average molecular weight is 593 g/mol. The van der Waals surface area contributed by atoms with Crippen LogP contribution >= 0.6 is 31.9 Å². The molecule has 1 heterocycles. The Morgan fingerprint density at radius 3 is 1.78 bits per heavy atom. The molecule has 1 aliphatic carbocycles. The van der Waals surface area contributed by atoms with Gasteiger partial charge in [-0.25, -0.2) is 0 Å². The molecule has 0 bridgehead atoms. The fourth-order valence-electron chi connectivity index (χ4n) is 5.92. The van der Waals surface area contributed by atoms with E-state index in [1.165, 1.54) is 60.9 Å². The highest BCUT2D eigenvalue weighted by atomic mass is 79.9. The van der Waals surface area contributed by atoms with Crippen LogP contribution in [0.5, 0.6) is 0 Å². The van der Waals surface area contributed by atoms with Gasteiger partial charge in [-0.05, 0) is 88.0 Å². The maximum atomic E-state index is 3.68. The topological polar surface area (TPSA) is 4.93 Å². The summed E-state index contributed by atoms with van der Waals surface area (Å²) in [4.78, 5) is 0. The Labute approximate surface area is 227 Å². The van der Waals surface area contributed by atoms with Gasteiger partial charge in [-0.15, -0.1) is 0 Å². The first kappa shape index (κ1) is 22.1. The fraction of sp³-hybridized carbons (Fsp3) is 0.0909. The standard InChI is InChI=1S/C33H23Br2N/c1-33(2)29-16-21(20-6-4-3-5-7-20)8-12-25(29)26-13-11-24(19-30(26)33)36-31-14-9-22(34)17-27(31)28-18-23(35)10-15-32(28)36/h3-19H,1-2H3. The molecule has 36 heavy (non-hydrogen) atoms. The molecule has 1 nitrogen and oxygen atoms in total. The summed E-state index contributed by atoms with van der Waals surface area (Å²) in [6, 6.07) is 37.7. The highest BCUT2D eigenvalue weighted by Gasteiger charge is 2.36. The highest BCUT2D eigenvalue weighted by Crippen LogP contribution is 2.50. The van der Waals surface area contributed by atoms with Crippen LogP contribution in [0, 0.1) is 0 Å². The Hall–Kier alpha value is -3.14. The van der Waals surface area contributed by atoms with Gasteiger partial charge in [0.15, 0.2) is 0 Å². The summed E-state index contributed by atoms with van der Waals surface area (Å²) in [6.45, 7) is 4.71. The van der Waals surface area contributed by atoms with Crippen molar-refractivity contribution in [2.75, 3.05) is 0 Å². The predicted molar refractivity (Wildman–Crippen MR) is 159 cm³/mol. The van der Waals surface area contributed by atoms with Crippen LogP contribution < -0.4 is 0 Å². The smallest absolute Gasteiger partial charge is 0.0541 e. The molecule has 0 unspecified atom stereocenters. The van der Waals surface area contributed by atoms with Gasteiger partial charge in [0.1, 0.15) is 0 Å². The molecule has 5 aromatic carbocycles. The molecule has 1 aromatic heterocycles. The van der Waals surface area contributed by atoms with Gasteiger partial charge in [-0.1, -0.05) is 94.2 Å². The third-order valence-corrected chi connectivity index (χ3v) is 8.70. The second kappa shape index (κ2) is 7.93. The Morgan fingerprint density at radius 1 is 0.556 bits per heavy atom. The van der Waals surface area contributed by atoms with E-state index in [-0.39, 0.29) is 5.41 Å². The Balaban J connectivity index is 1.44. The van der Waals surface area contributed by atoms with Crippen LogP contribution in [0.1, 0.15) is 25.0 Å². The maximum absolute atomic E-state index is 3.68. The van der Waals surface area contributed by atoms with E-state index in [0.29, 0.717) is 0 Å². The summed E-state index contributed by atoms with van der Waals surface area (Å²) in [7, 11) is 0. The monoisotopic (exact) mass is 591 g/mol. The van der Waals surface area contributed by atoms with Crippen LogP contribution in [0.2, 0.25) is 0 Å². The molecule has 0 saturated carbocycles. The molecular weight excluding hydrogens is 570 g/mol. The van der Waals surface area contributed by atoms with Gasteiger partial charge in [-0.3, -0.25) is 0 Å². The van der Waals surface area contributed by atoms with Crippen molar-refractivity contribution < 1.29 is 0 Å². The number of rotatable bonds is 2. The van der Waals surface area contributed by atoms with Crippen molar-refractivity contribution in [1.82, 2.24) is 4.57 Å². The third-order valence-electron chi connectivity index (χ3n) is 7.71. The van der Waals surface area contributed by atoms with E-state index in [4.69, 9.17) is 0 Å². The molecule has 3 heteroatoms. The van der Waals surface area contributed by atoms with Gasteiger partial charge in [0.05, 0.1) is 11.0 Å². The summed E-state index contributed by atoms with van der Waals surface area (Å²) in [5, 5.41) is 2.49.